The van der Waals surface area contributed by atoms with Gasteiger partial charge < -0.3 is 10.5 Å². The van der Waals surface area contributed by atoms with Gasteiger partial charge in [0, 0.05) is 5.75 Å². The fourth-order valence-electron chi connectivity index (χ4n) is 1.36. The molecule has 0 radical (unpaired) electrons. The topological polar surface area (TPSA) is 35.2 Å². The molecule has 2 N–H and O–H groups in total. The summed E-state index contributed by atoms with van der Waals surface area (Å²) in [6, 6.07) is 8.20. The number of thioether (sulfide) groups is 1. The van der Waals surface area contributed by atoms with Crippen molar-refractivity contribution in [2.45, 2.75) is 25.5 Å². The van der Waals surface area contributed by atoms with Crippen molar-refractivity contribution in [1.29, 1.82) is 0 Å². The van der Waals surface area contributed by atoms with Crippen LogP contribution in [0.3, 0.4) is 0 Å². The quantitative estimate of drug-likeness (QED) is 0.743. The lowest BCUT2D eigenvalue weighted by atomic mass is 10.1. The van der Waals surface area contributed by atoms with Gasteiger partial charge >= 0.3 is 0 Å². The van der Waals surface area contributed by atoms with Crippen LogP contribution in [0, 0.1) is 0 Å². The molecule has 0 atom stereocenters. The molecule has 90 valence electrons. The first-order valence-electron chi connectivity index (χ1n) is 5.76. The van der Waals surface area contributed by atoms with Crippen LogP contribution in [-0.4, -0.2) is 24.2 Å². The average molecular weight is 239 g/mol. The van der Waals surface area contributed by atoms with Crippen molar-refractivity contribution in [2.75, 3.05) is 18.9 Å². The predicted octanol–water partition coefficient (Wildman–Crippen LogP) is 2.71. The molecule has 1 aromatic rings. The summed E-state index contributed by atoms with van der Waals surface area (Å²) >= 11 is 1.92. The smallest absolute Gasteiger partial charge is 0.119 e. The molecule has 2 nitrogen and oxygen atoms in total. The number of rotatable bonds is 7. The van der Waals surface area contributed by atoms with Gasteiger partial charge in [0.2, 0.25) is 0 Å². The zero-order valence-electron chi connectivity index (χ0n) is 10.1. The van der Waals surface area contributed by atoms with Crippen LogP contribution in [0.25, 0.3) is 0 Å². The van der Waals surface area contributed by atoms with Crippen molar-refractivity contribution in [3.63, 3.8) is 0 Å². The van der Waals surface area contributed by atoms with E-state index >= 15 is 0 Å². The Balaban J connectivity index is 2.26. The molecule has 0 aliphatic carbocycles. The fourth-order valence-corrected chi connectivity index (χ4v) is 2.01. The average Bonchev–Trinajstić information content (AvgIpc) is 2.27. The van der Waals surface area contributed by atoms with Crippen LogP contribution in [0.15, 0.2) is 24.3 Å². The van der Waals surface area contributed by atoms with E-state index in [1.165, 1.54) is 5.56 Å². The predicted molar refractivity (Wildman–Crippen MR) is 72.3 cm³/mol. The van der Waals surface area contributed by atoms with Crippen LogP contribution in [0.2, 0.25) is 0 Å². The van der Waals surface area contributed by atoms with Crippen LogP contribution in [-0.2, 0) is 6.42 Å². The Morgan fingerprint density at radius 2 is 1.94 bits per heavy atom. The van der Waals surface area contributed by atoms with E-state index < -0.39 is 0 Å². The van der Waals surface area contributed by atoms with Gasteiger partial charge in [-0.15, -0.1) is 0 Å². The molecule has 0 saturated carbocycles. The standard InChI is InChI=1S/C13H21NOS/c1-11(2)16-10-9-15-13-5-3-12(4-6-13)7-8-14/h3-6,11H,7-10,14H2,1-2H3. The van der Waals surface area contributed by atoms with Crippen LogP contribution in [0.5, 0.6) is 5.75 Å². The molecule has 16 heavy (non-hydrogen) atoms. The second-order valence-corrected chi connectivity index (χ2v) is 5.64. The summed E-state index contributed by atoms with van der Waals surface area (Å²) in [6.07, 6.45) is 0.934. The minimum absolute atomic E-state index is 0.676. The SMILES string of the molecule is CC(C)SCCOc1ccc(CCN)cc1. The third-order valence-electron chi connectivity index (χ3n) is 2.16. The Morgan fingerprint density at radius 3 is 2.50 bits per heavy atom. The maximum absolute atomic E-state index is 5.64. The molecule has 0 bridgehead atoms. The molecule has 0 spiro atoms. The van der Waals surface area contributed by atoms with E-state index in [1.807, 2.05) is 23.9 Å². The van der Waals surface area contributed by atoms with E-state index in [1.54, 1.807) is 0 Å². The minimum Gasteiger partial charge on any atom is -0.493 e. The highest BCUT2D eigenvalue weighted by atomic mass is 32.2. The summed E-state index contributed by atoms with van der Waals surface area (Å²) in [5.41, 5.74) is 6.76. The summed E-state index contributed by atoms with van der Waals surface area (Å²) in [4.78, 5) is 0. The molecule has 0 heterocycles. The molecule has 0 aliphatic rings. The van der Waals surface area contributed by atoms with Gasteiger partial charge in [-0.3, -0.25) is 0 Å². The van der Waals surface area contributed by atoms with Crippen LogP contribution in [0.1, 0.15) is 19.4 Å². The zero-order valence-corrected chi connectivity index (χ0v) is 10.9. The molecule has 3 heteroatoms. The third-order valence-corrected chi connectivity index (χ3v) is 3.23. The largest absolute Gasteiger partial charge is 0.493 e. The number of nitrogens with two attached hydrogens (primary N) is 1. The number of hydrogen-bond acceptors (Lipinski definition) is 3. The molecular weight excluding hydrogens is 218 g/mol. The van der Waals surface area contributed by atoms with E-state index in [0.29, 0.717) is 11.8 Å². The highest BCUT2D eigenvalue weighted by molar-refractivity contribution is 7.99. The summed E-state index contributed by atoms with van der Waals surface area (Å²) < 4.78 is 5.64. The Kier molecular flexibility index (Phi) is 6.34. The van der Waals surface area contributed by atoms with E-state index in [2.05, 4.69) is 26.0 Å². The monoisotopic (exact) mass is 239 g/mol. The highest BCUT2D eigenvalue weighted by Gasteiger charge is 1.97. The molecular formula is C13H21NOS. The second-order valence-electron chi connectivity index (χ2n) is 3.95. The van der Waals surface area contributed by atoms with Crippen LogP contribution >= 0.6 is 11.8 Å². The molecule has 0 unspecified atom stereocenters. The van der Waals surface area contributed by atoms with Crippen molar-refractivity contribution < 1.29 is 4.74 Å². The molecule has 1 aromatic carbocycles. The number of ether oxygens (including phenoxy) is 1. The summed E-state index contributed by atoms with van der Waals surface area (Å²) in [5.74, 6) is 1.99. The Labute approximate surface area is 103 Å². The van der Waals surface area contributed by atoms with Crippen molar-refractivity contribution in [3.8, 4) is 5.75 Å². The molecule has 0 fully saturated rings. The van der Waals surface area contributed by atoms with Gasteiger partial charge in [-0.2, -0.15) is 11.8 Å². The highest BCUT2D eigenvalue weighted by Crippen LogP contribution is 2.14. The fraction of sp³-hybridized carbons (Fsp3) is 0.538. The normalized spacial score (nSPS) is 10.8. The van der Waals surface area contributed by atoms with Gasteiger partial charge in [0.1, 0.15) is 5.75 Å². The molecule has 0 aliphatic heterocycles. The van der Waals surface area contributed by atoms with Gasteiger partial charge in [-0.05, 0) is 35.9 Å². The van der Waals surface area contributed by atoms with Gasteiger partial charge in [0.15, 0.2) is 0 Å². The molecule has 1 rings (SSSR count). The Bertz CT molecular complexity index is 284. The number of benzene rings is 1. The van der Waals surface area contributed by atoms with Crippen LogP contribution in [0.4, 0.5) is 0 Å². The molecule has 0 aromatic heterocycles. The summed E-state index contributed by atoms with van der Waals surface area (Å²) in [7, 11) is 0. The first-order valence-corrected chi connectivity index (χ1v) is 6.80. The van der Waals surface area contributed by atoms with Crippen molar-refractivity contribution in [1.82, 2.24) is 0 Å². The van der Waals surface area contributed by atoms with E-state index in [4.69, 9.17) is 10.5 Å². The van der Waals surface area contributed by atoms with Gasteiger partial charge in [-0.1, -0.05) is 26.0 Å². The Hall–Kier alpha value is -0.670. The maximum Gasteiger partial charge on any atom is 0.119 e. The Morgan fingerprint density at radius 1 is 1.25 bits per heavy atom. The third kappa shape index (κ3) is 5.42. The molecule has 0 amide bonds. The lowest BCUT2D eigenvalue weighted by molar-refractivity contribution is 0.343. The lowest BCUT2D eigenvalue weighted by Crippen LogP contribution is -2.04. The zero-order chi connectivity index (χ0) is 11.8. The maximum atomic E-state index is 5.64. The van der Waals surface area contributed by atoms with Crippen molar-refractivity contribution in [2.24, 2.45) is 5.73 Å². The second kappa shape index (κ2) is 7.58. The van der Waals surface area contributed by atoms with E-state index in [0.717, 1.165) is 24.5 Å². The summed E-state index contributed by atoms with van der Waals surface area (Å²) in [5, 5.41) is 0.676. The van der Waals surface area contributed by atoms with E-state index in [-0.39, 0.29) is 0 Å². The van der Waals surface area contributed by atoms with Gasteiger partial charge in [0.05, 0.1) is 6.61 Å². The summed E-state index contributed by atoms with van der Waals surface area (Å²) in [6.45, 7) is 5.88. The van der Waals surface area contributed by atoms with Gasteiger partial charge in [0.25, 0.3) is 0 Å². The van der Waals surface area contributed by atoms with E-state index in [9.17, 15) is 0 Å². The first-order chi connectivity index (χ1) is 7.72. The van der Waals surface area contributed by atoms with Crippen molar-refractivity contribution in [3.05, 3.63) is 29.8 Å². The minimum atomic E-state index is 0.676. The molecule has 0 saturated heterocycles. The van der Waals surface area contributed by atoms with Crippen molar-refractivity contribution >= 4 is 11.8 Å². The lowest BCUT2D eigenvalue weighted by Gasteiger charge is -2.08. The first kappa shape index (κ1) is 13.4. The van der Waals surface area contributed by atoms with Gasteiger partial charge in [-0.25, -0.2) is 0 Å². The van der Waals surface area contributed by atoms with Crippen LogP contribution < -0.4 is 10.5 Å². The number of hydrogen-bond donors (Lipinski definition) is 1.